The summed E-state index contributed by atoms with van der Waals surface area (Å²) in [5, 5.41) is 69.9. The SMILES string of the molecule is CC(=O)N[C@@H](C=O)[C@@H](O)[C@@H](O[C@@H]1O[C@H](CO)[C@H](O)[C@H](O)[C@H]1O)[C@H](O)CO. The number of aldehydes is 1. The Hall–Kier alpha value is -1.22. The van der Waals surface area contributed by atoms with Crippen LogP contribution in [-0.4, -0.2) is 116 Å². The fourth-order valence-electron chi connectivity index (χ4n) is 2.48. The molecule has 1 saturated heterocycles. The largest absolute Gasteiger partial charge is 0.394 e. The first-order chi connectivity index (χ1) is 12.2. The molecule has 1 aliphatic rings. The molecule has 26 heavy (non-hydrogen) atoms. The van der Waals surface area contributed by atoms with Crippen molar-refractivity contribution in [3.63, 3.8) is 0 Å². The van der Waals surface area contributed by atoms with Gasteiger partial charge in [-0.25, -0.2) is 0 Å². The minimum atomic E-state index is -1.86. The van der Waals surface area contributed by atoms with Crippen molar-refractivity contribution in [2.45, 2.75) is 62.0 Å². The van der Waals surface area contributed by atoms with E-state index in [0.29, 0.717) is 0 Å². The van der Waals surface area contributed by atoms with Gasteiger partial charge in [0.1, 0.15) is 55.1 Å². The number of carbonyl (C=O) groups is 2. The minimum absolute atomic E-state index is 0.180. The quantitative estimate of drug-likeness (QED) is 0.176. The van der Waals surface area contributed by atoms with Gasteiger partial charge in [0.2, 0.25) is 5.91 Å². The van der Waals surface area contributed by atoms with Gasteiger partial charge in [0.25, 0.3) is 0 Å². The lowest BCUT2D eigenvalue weighted by Gasteiger charge is -2.42. The van der Waals surface area contributed by atoms with Crippen LogP contribution >= 0.6 is 0 Å². The maximum Gasteiger partial charge on any atom is 0.217 e. The molecular weight excluding hydrogens is 358 g/mol. The fraction of sp³-hybridized carbons (Fsp3) is 0.857. The average molecular weight is 383 g/mol. The number of carbonyl (C=O) groups excluding carboxylic acids is 2. The van der Waals surface area contributed by atoms with Gasteiger partial charge in [-0.3, -0.25) is 4.79 Å². The van der Waals surface area contributed by atoms with Gasteiger partial charge in [0.05, 0.1) is 13.2 Å². The summed E-state index contributed by atoms with van der Waals surface area (Å²) in [4.78, 5) is 22.2. The molecule has 0 saturated carbocycles. The van der Waals surface area contributed by atoms with Crippen molar-refractivity contribution in [3.8, 4) is 0 Å². The second-order valence-corrected chi connectivity index (χ2v) is 5.90. The summed E-state index contributed by atoms with van der Waals surface area (Å²) in [6.07, 6.45) is -13.4. The molecule has 1 rings (SSSR count). The van der Waals surface area contributed by atoms with Crippen LogP contribution in [0.1, 0.15) is 6.92 Å². The first-order valence-corrected chi connectivity index (χ1v) is 7.83. The molecule has 0 aromatic rings. The van der Waals surface area contributed by atoms with Crippen molar-refractivity contribution in [3.05, 3.63) is 0 Å². The third-order valence-corrected chi connectivity index (χ3v) is 3.93. The molecule has 152 valence electrons. The standard InChI is InChI=1S/C14H25NO11/c1-5(19)15-6(2-16)9(21)13(7(20)3-17)26-14-12(24)11(23)10(22)8(4-18)25-14/h2,6-14,17-18,20-24H,3-4H2,1H3,(H,15,19)/t6-,7+,8+,9+,10-,11-,12+,13-,14-/m0/s1. The van der Waals surface area contributed by atoms with E-state index in [4.69, 9.17) is 19.7 Å². The molecule has 12 heteroatoms. The average Bonchev–Trinajstić information content (AvgIpc) is 2.62. The molecule has 0 radical (unpaired) electrons. The van der Waals surface area contributed by atoms with E-state index in [1.165, 1.54) is 0 Å². The van der Waals surface area contributed by atoms with Crippen LogP contribution in [0.2, 0.25) is 0 Å². The molecule has 0 aliphatic carbocycles. The van der Waals surface area contributed by atoms with E-state index in [9.17, 15) is 35.1 Å². The third-order valence-electron chi connectivity index (χ3n) is 3.93. The first kappa shape index (κ1) is 22.8. The smallest absolute Gasteiger partial charge is 0.217 e. The summed E-state index contributed by atoms with van der Waals surface area (Å²) in [6, 6.07) is -1.51. The van der Waals surface area contributed by atoms with Crippen molar-refractivity contribution in [2.24, 2.45) is 0 Å². The van der Waals surface area contributed by atoms with Crippen molar-refractivity contribution in [1.82, 2.24) is 5.32 Å². The summed E-state index contributed by atoms with van der Waals surface area (Å²) < 4.78 is 10.3. The maximum atomic E-state index is 11.1. The van der Waals surface area contributed by atoms with Crippen LogP contribution in [0.15, 0.2) is 0 Å². The van der Waals surface area contributed by atoms with Crippen molar-refractivity contribution >= 4 is 12.2 Å². The molecular formula is C14H25NO11. The van der Waals surface area contributed by atoms with Crippen LogP contribution in [0, 0.1) is 0 Å². The van der Waals surface area contributed by atoms with Gasteiger partial charge in [0, 0.05) is 6.92 Å². The Morgan fingerprint density at radius 2 is 1.81 bits per heavy atom. The number of aliphatic hydroxyl groups excluding tert-OH is 7. The second-order valence-electron chi connectivity index (χ2n) is 5.90. The molecule has 0 aromatic heterocycles. The number of nitrogens with one attached hydrogen (secondary N) is 1. The number of ether oxygens (including phenoxy) is 2. The molecule has 1 heterocycles. The Kier molecular flexibility index (Phi) is 8.95. The van der Waals surface area contributed by atoms with Crippen LogP contribution in [0.25, 0.3) is 0 Å². The van der Waals surface area contributed by atoms with E-state index in [1.807, 2.05) is 0 Å². The molecule has 8 N–H and O–H groups in total. The minimum Gasteiger partial charge on any atom is -0.394 e. The Morgan fingerprint density at radius 1 is 1.19 bits per heavy atom. The Morgan fingerprint density at radius 3 is 2.27 bits per heavy atom. The monoisotopic (exact) mass is 383 g/mol. The predicted octanol–water partition coefficient (Wildman–Crippen LogP) is -5.41. The summed E-state index contributed by atoms with van der Waals surface area (Å²) in [6.45, 7) is -0.562. The number of amides is 1. The normalized spacial score (nSPS) is 33.8. The van der Waals surface area contributed by atoms with E-state index in [2.05, 4.69) is 5.32 Å². The molecule has 0 aromatic carbocycles. The van der Waals surface area contributed by atoms with Crippen molar-refractivity contribution in [1.29, 1.82) is 0 Å². The number of rotatable bonds is 9. The Bertz CT molecular complexity index is 462. The molecule has 0 bridgehead atoms. The summed E-state index contributed by atoms with van der Waals surface area (Å²) in [5.74, 6) is -0.661. The highest BCUT2D eigenvalue weighted by molar-refractivity contribution is 5.77. The lowest BCUT2D eigenvalue weighted by atomic mass is 9.98. The molecule has 0 spiro atoms. The van der Waals surface area contributed by atoms with Crippen molar-refractivity contribution in [2.75, 3.05) is 13.2 Å². The molecule has 9 atom stereocenters. The first-order valence-electron chi connectivity index (χ1n) is 7.83. The summed E-state index contributed by atoms with van der Waals surface area (Å²) in [5.41, 5.74) is 0. The number of aliphatic hydroxyl groups is 7. The third kappa shape index (κ3) is 5.39. The van der Waals surface area contributed by atoms with Crippen LogP contribution < -0.4 is 5.32 Å². The highest BCUT2D eigenvalue weighted by Crippen LogP contribution is 2.24. The fourth-order valence-corrected chi connectivity index (χ4v) is 2.48. The van der Waals surface area contributed by atoms with Gasteiger partial charge in [-0.15, -0.1) is 0 Å². The van der Waals surface area contributed by atoms with E-state index in [-0.39, 0.29) is 6.29 Å². The zero-order valence-electron chi connectivity index (χ0n) is 14.0. The number of hydrogen-bond donors (Lipinski definition) is 8. The maximum absolute atomic E-state index is 11.1. The Balaban J connectivity index is 2.99. The lowest BCUT2D eigenvalue weighted by Crippen LogP contribution is -2.62. The lowest BCUT2D eigenvalue weighted by molar-refractivity contribution is -0.324. The van der Waals surface area contributed by atoms with E-state index in [0.717, 1.165) is 6.92 Å². The van der Waals surface area contributed by atoms with E-state index in [1.54, 1.807) is 0 Å². The van der Waals surface area contributed by atoms with Crippen LogP contribution in [0.5, 0.6) is 0 Å². The Labute approximate surface area is 148 Å². The van der Waals surface area contributed by atoms with Gasteiger partial charge in [-0.1, -0.05) is 0 Å². The second kappa shape index (κ2) is 10.2. The van der Waals surface area contributed by atoms with Gasteiger partial charge < -0.3 is 55.3 Å². The van der Waals surface area contributed by atoms with Gasteiger partial charge in [0.15, 0.2) is 6.29 Å². The van der Waals surface area contributed by atoms with E-state index < -0.39 is 74.2 Å². The zero-order chi connectivity index (χ0) is 20.0. The van der Waals surface area contributed by atoms with E-state index >= 15 is 0 Å². The molecule has 1 fully saturated rings. The summed E-state index contributed by atoms with van der Waals surface area (Å²) in [7, 11) is 0. The van der Waals surface area contributed by atoms with Crippen LogP contribution in [0.4, 0.5) is 0 Å². The predicted molar refractivity (Wildman–Crippen MR) is 81.4 cm³/mol. The number of hydrogen-bond acceptors (Lipinski definition) is 11. The van der Waals surface area contributed by atoms with Gasteiger partial charge in [-0.2, -0.15) is 0 Å². The molecule has 0 unspecified atom stereocenters. The molecule has 1 aliphatic heterocycles. The molecule has 12 nitrogen and oxygen atoms in total. The topological polar surface area (TPSA) is 206 Å². The van der Waals surface area contributed by atoms with Crippen LogP contribution in [0.3, 0.4) is 0 Å². The highest BCUT2D eigenvalue weighted by Gasteiger charge is 2.46. The molecule has 1 amide bonds. The summed E-state index contributed by atoms with van der Waals surface area (Å²) >= 11 is 0. The van der Waals surface area contributed by atoms with Gasteiger partial charge >= 0.3 is 0 Å². The van der Waals surface area contributed by atoms with Crippen LogP contribution in [-0.2, 0) is 19.1 Å². The van der Waals surface area contributed by atoms with Crippen molar-refractivity contribution < 1.29 is 54.8 Å². The zero-order valence-corrected chi connectivity index (χ0v) is 14.0. The highest BCUT2D eigenvalue weighted by atomic mass is 16.7. The van der Waals surface area contributed by atoms with Gasteiger partial charge in [-0.05, 0) is 0 Å².